The van der Waals surface area contributed by atoms with Crippen LogP contribution in [-0.2, 0) is 23.1 Å². The molecule has 0 N–H and O–H groups in total. The maximum atomic E-state index is 12.2. The Balaban J connectivity index is 4.71. The van der Waals surface area contributed by atoms with E-state index in [9.17, 15) is 14.5 Å². The molecular weight excluding hydrogens is 247 g/mol. The van der Waals surface area contributed by atoms with Crippen molar-refractivity contribution in [1.82, 2.24) is 0 Å². The fraction of sp³-hybridized carbons (Fsp3) is 0.900. The fourth-order valence-corrected chi connectivity index (χ4v) is 2.77. The molecule has 1 atom stereocenters. The number of rotatable bonds is 10. The predicted octanol–water partition coefficient (Wildman–Crippen LogP) is 1.15. The Morgan fingerprint density at radius 3 is 2.12 bits per heavy atom. The quantitative estimate of drug-likeness (QED) is 0.436. The van der Waals surface area contributed by atoms with Crippen LogP contribution in [0.1, 0.15) is 33.6 Å². The van der Waals surface area contributed by atoms with E-state index in [-0.39, 0.29) is 19.8 Å². The third kappa shape index (κ3) is 5.64. The number of hydrogen-bond donors (Lipinski definition) is 0. The van der Waals surface area contributed by atoms with Gasteiger partial charge in [0.2, 0.25) is 0 Å². The van der Waals surface area contributed by atoms with Gasteiger partial charge >= 0.3 is 7.60 Å². The van der Waals surface area contributed by atoms with Crippen molar-refractivity contribution < 1.29 is 28.3 Å². The molecule has 0 aromatic carbocycles. The van der Waals surface area contributed by atoms with Crippen LogP contribution in [0.5, 0.6) is 0 Å². The lowest BCUT2D eigenvalue weighted by Gasteiger charge is -2.26. The van der Waals surface area contributed by atoms with E-state index < -0.39 is 19.4 Å². The molecule has 0 fully saturated rings. The summed E-state index contributed by atoms with van der Waals surface area (Å²) in [6.45, 7) is 5.48. The topological polar surface area (TPSA) is 84.9 Å². The first-order chi connectivity index (χ1) is 8.01. The summed E-state index contributed by atoms with van der Waals surface area (Å²) in [7, 11) is -3.81. The number of hydrogen-bond acceptors (Lipinski definition) is 6. The molecule has 0 aromatic heterocycles. The molecule has 0 heterocycles. The van der Waals surface area contributed by atoms with Crippen LogP contribution in [0.15, 0.2) is 0 Å². The van der Waals surface area contributed by atoms with Crippen LogP contribution >= 0.6 is 7.60 Å². The molecule has 6 nitrogen and oxygen atoms in total. The van der Waals surface area contributed by atoms with Crippen molar-refractivity contribution in [2.45, 2.75) is 39.5 Å². The van der Waals surface area contributed by atoms with Gasteiger partial charge in [-0.2, -0.15) is 0 Å². The summed E-state index contributed by atoms with van der Waals surface area (Å²) < 4.78 is 27.0. The van der Waals surface area contributed by atoms with Gasteiger partial charge in [0.1, 0.15) is 0 Å². The van der Waals surface area contributed by atoms with Crippen molar-refractivity contribution in [2.75, 3.05) is 19.8 Å². The molecule has 0 bridgehead atoms. The first-order valence-corrected chi connectivity index (χ1v) is 7.34. The highest BCUT2D eigenvalue weighted by Crippen LogP contribution is 2.53. The number of carbonyl (C=O) groups is 1. The molecule has 0 aliphatic carbocycles. The first kappa shape index (κ1) is 16.6. The van der Waals surface area contributed by atoms with Gasteiger partial charge in [-0.25, -0.2) is 0 Å². The van der Waals surface area contributed by atoms with Crippen LogP contribution in [-0.4, -0.2) is 31.6 Å². The van der Waals surface area contributed by atoms with Crippen molar-refractivity contribution in [3.05, 3.63) is 0 Å². The van der Waals surface area contributed by atoms with E-state index in [2.05, 4.69) is 0 Å². The van der Waals surface area contributed by atoms with Gasteiger partial charge in [-0.05, 0) is 20.3 Å². The van der Waals surface area contributed by atoms with Crippen LogP contribution in [0.2, 0.25) is 0 Å². The number of unbranched alkanes of at least 4 members (excludes halogenated alkanes) is 1. The standard InChI is InChI=1S/C10H21O6P/c1-4-7-8-14-10(9(11)12)17(13,15-5-2)16-6-3/h10H,4-8H2,1-3H3,(H,11,12)/p-1. The second-order valence-corrected chi connectivity index (χ2v) is 5.34. The number of ether oxygens (including phenoxy) is 1. The molecule has 0 rings (SSSR count). The molecule has 0 saturated heterocycles. The molecule has 17 heavy (non-hydrogen) atoms. The van der Waals surface area contributed by atoms with Gasteiger partial charge in [0.05, 0.1) is 19.2 Å². The molecule has 1 unspecified atom stereocenters. The zero-order chi connectivity index (χ0) is 13.3. The maximum Gasteiger partial charge on any atom is 0.364 e. The molecular formula is C10H20O6P-. The Kier molecular flexibility index (Phi) is 8.43. The third-order valence-corrected chi connectivity index (χ3v) is 4.05. The van der Waals surface area contributed by atoms with E-state index >= 15 is 0 Å². The smallest absolute Gasteiger partial charge is 0.364 e. The molecule has 0 aliphatic heterocycles. The Labute approximate surface area is 102 Å². The highest BCUT2D eigenvalue weighted by Gasteiger charge is 2.37. The highest BCUT2D eigenvalue weighted by atomic mass is 31.2. The van der Waals surface area contributed by atoms with Crippen molar-refractivity contribution in [3.8, 4) is 0 Å². The molecule has 0 saturated carbocycles. The van der Waals surface area contributed by atoms with Gasteiger partial charge in [0.15, 0.2) is 5.85 Å². The number of carboxylic acid groups (broad SMARTS) is 1. The monoisotopic (exact) mass is 267 g/mol. The van der Waals surface area contributed by atoms with E-state index in [0.717, 1.165) is 6.42 Å². The van der Waals surface area contributed by atoms with Crippen molar-refractivity contribution in [2.24, 2.45) is 0 Å². The number of carbonyl (C=O) groups excluding carboxylic acids is 1. The molecule has 0 aliphatic rings. The second-order valence-electron chi connectivity index (χ2n) is 3.27. The average Bonchev–Trinajstić information content (AvgIpc) is 2.24. The predicted molar refractivity (Wildman–Crippen MR) is 60.5 cm³/mol. The SMILES string of the molecule is CCCCOC(C(=O)[O-])P(=O)(OCC)OCC. The van der Waals surface area contributed by atoms with Gasteiger partial charge in [0.25, 0.3) is 0 Å². The second kappa shape index (κ2) is 8.64. The van der Waals surface area contributed by atoms with Crippen molar-refractivity contribution >= 4 is 13.6 Å². The fourth-order valence-electron chi connectivity index (χ4n) is 1.16. The average molecular weight is 267 g/mol. The minimum absolute atomic E-state index is 0.0815. The molecule has 7 heteroatoms. The van der Waals surface area contributed by atoms with Gasteiger partial charge in [-0.15, -0.1) is 0 Å². The molecule has 0 radical (unpaired) electrons. The molecule has 0 aromatic rings. The van der Waals surface area contributed by atoms with E-state index in [1.165, 1.54) is 0 Å². The minimum atomic E-state index is -3.81. The van der Waals surface area contributed by atoms with E-state index in [0.29, 0.717) is 6.42 Å². The minimum Gasteiger partial charge on any atom is -0.547 e. The van der Waals surface area contributed by atoms with Crippen LogP contribution in [0, 0.1) is 0 Å². The van der Waals surface area contributed by atoms with E-state index in [1.54, 1.807) is 13.8 Å². The molecule has 0 amide bonds. The van der Waals surface area contributed by atoms with Crippen LogP contribution in [0.25, 0.3) is 0 Å². The summed E-state index contributed by atoms with van der Waals surface area (Å²) in [4.78, 5) is 10.9. The van der Waals surface area contributed by atoms with E-state index in [1.807, 2.05) is 6.92 Å². The lowest BCUT2D eigenvalue weighted by Crippen LogP contribution is -2.38. The largest absolute Gasteiger partial charge is 0.547 e. The van der Waals surface area contributed by atoms with Gasteiger partial charge in [-0.3, -0.25) is 4.57 Å². The Morgan fingerprint density at radius 2 is 1.76 bits per heavy atom. The number of aliphatic carboxylic acids is 1. The molecule has 0 spiro atoms. The summed E-state index contributed by atoms with van der Waals surface area (Å²) in [5.74, 6) is -3.24. The zero-order valence-electron chi connectivity index (χ0n) is 10.5. The summed E-state index contributed by atoms with van der Waals surface area (Å²) >= 11 is 0. The zero-order valence-corrected chi connectivity index (χ0v) is 11.4. The number of carboxylic acids is 1. The van der Waals surface area contributed by atoms with E-state index in [4.69, 9.17) is 13.8 Å². The first-order valence-electron chi connectivity index (χ1n) is 5.73. The lowest BCUT2D eigenvalue weighted by molar-refractivity contribution is -0.313. The van der Waals surface area contributed by atoms with Gasteiger partial charge in [-0.1, -0.05) is 13.3 Å². The Morgan fingerprint density at radius 1 is 1.24 bits per heavy atom. The maximum absolute atomic E-state index is 12.2. The summed E-state index contributed by atoms with van der Waals surface area (Å²) in [6.07, 6.45) is 1.51. The van der Waals surface area contributed by atoms with Crippen LogP contribution in [0.3, 0.4) is 0 Å². The van der Waals surface area contributed by atoms with Crippen LogP contribution < -0.4 is 5.11 Å². The highest BCUT2D eigenvalue weighted by molar-refractivity contribution is 7.55. The van der Waals surface area contributed by atoms with Gasteiger partial charge < -0.3 is 23.7 Å². The van der Waals surface area contributed by atoms with Crippen molar-refractivity contribution in [3.63, 3.8) is 0 Å². The normalized spacial score (nSPS) is 13.6. The summed E-state index contributed by atoms with van der Waals surface area (Å²) in [5.41, 5.74) is 0. The lowest BCUT2D eigenvalue weighted by atomic mass is 10.4. The third-order valence-electron chi connectivity index (χ3n) is 1.88. The van der Waals surface area contributed by atoms with Crippen molar-refractivity contribution in [1.29, 1.82) is 0 Å². The summed E-state index contributed by atoms with van der Waals surface area (Å²) in [6, 6.07) is 0. The van der Waals surface area contributed by atoms with Crippen LogP contribution in [0.4, 0.5) is 0 Å². The Hall–Kier alpha value is -0.420. The Bertz CT molecular complexity index is 258. The van der Waals surface area contributed by atoms with Gasteiger partial charge in [0, 0.05) is 6.61 Å². The summed E-state index contributed by atoms with van der Waals surface area (Å²) in [5, 5.41) is 10.9. The molecule has 102 valence electrons.